The van der Waals surface area contributed by atoms with Crippen LogP contribution in [0.1, 0.15) is 28.9 Å². The first-order valence-electron chi connectivity index (χ1n) is 6.14. The number of hydrogen-bond donors (Lipinski definition) is 2. The molecule has 0 fully saturated rings. The van der Waals surface area contributed by atoms with Crippen molar-refractivity contribution in [1.29, 1.82) is 0 Å². The van der Waals surface area contributed by atoms with E-state index in [-0.39, 0.29) is 6.04 Å². The van der Waals surface area contributed by atoms with E-state index in [1.807, 2.05) is 24.3 Å². The van der Waals surface area contributed by atoms with Crippen molar-refractivity contribution in [3.8, 4) is 5.75 Å². The van der Waals surface area contributed by atoms with Gasteiger partial charge in [-0.25, -0.2) is 4.98 Å². The Balaban J connectivity index is 2.06. The summed E-state index contributed by atoms with van der Waals surface area (Å²) in [6, 6.07) is 7.78. The number of aromatic nitrogens is 2. The molecule has 2 rings (SSSR count). The lowest BCUT2D eigenvalue weighted by Gasteiger charge is -2.04. The summed E-state index contributed by atoms with van der Waals surface area (Å²) in [5, 5.41) is 0.850. The van der Waals surface area contributed by atoms with E-state index in [1.165, 1.54) is 11.5 Å². The highest BCUT2D eigenvalue weighted by Crippen LogP contribution is 2.19. The molecule has 0 saturated heterocycles. The third-order valence-electron chi connectivity index (χ3n) is 2.78. The molecule has 0 aliphatic rings. The molecule has 0 aliphatic heterocycles. The van der Waals surface area contributed by atoms with Gasteiger partial charge in [-0.1, -0.05) is 12.1 Å². The molecule has 4 N–H and O–H groups in total. The molecule has 6 heteroatoms. The molecule has 0 saturated carbocycles. The van der Waals surface area contributed by atoms with Gasteiger partial charge in [-0.15, -0.1) is 0 Å². The van der Waals surface area contributed by atoms with Crippen LogP contribution in [0.4, 0.5) is 0 Å². The zero-order valence-electron chi connectivity index (χ0n) is 10.9. The highest BCUT2D eigenvalue weighted by atomic mass is 32.1. The Bertz CT molecular complexity index is 529. The minimum absolute atomic E-state index is 0.110. The van der Waals surface area contributed by atoms with E-state index in [4.69, 9.17) is 16.2 Å². The quantitative estimate of drug-likeness (QED) is 0.836. The van der Waals surface area contributed by atoms with E-state index < -0.39 is 0 Å². The van der Waals surface area contributed by atoms with Gasteiger partial charge < -0.3 is 16.2 Å². The van der Waals surface area contributed by atoms with Crippen molar-refractivity contribution in [3.63, 3.8) is 0 Å². The second-order valence-electron chi connectivity index (χ2n) is 4.26. The Hall–Kier alpha value is -1.50. The fourth-order valence-electron chi connectivity index (χ4n) is 1.76. The van der Waals surface area contributed by atoms with Crippen molar-refractivity contribution in [3.05, 3.63) is 40.7 Å². The number of nitrogens with two attached hydrogens (primary N) is 2. The van der Waals surface area contributed by atoms with Gasteiger partial charge in [-0.3, -0.25) is 0 Å². The van der Waals surface area contributed by atoms with Gasteiger partial charge in [0.15, 0.2) is 0 Å². The number of methoxy groups -OCH3 is 1. The molecular formula is C13H18N4OS. The van der Waals surface area contributed by atoms with Crippen LogP contribution in [0.3, 0.4) is 0 Å². The van der Waals surface area contributed by atoms with E-state index in [9.17, 15) is 0 Å². The summed E-state index contributed by atoms with van der Waals surface area (Å²) < 4.78 is 9.54. The summed E-state index contributed by atoms with van der Waals surface area (Å²) in [6.45, 7) is 0.561. The van der Waals surface area contributed by atoms with Crippen LogP contribution >= 0.6 is 11.5 Å². The molecule has 0 aliphatic carbocycles. The van der Waals surface area contributed by atoms with E-state index in [0.717, 1.165) is 28.6 Å². The lowest BCUT2D eigenvalue weighted by atomic mass is 10.1. The van der Waals surface area contributed by atoms with Crippen molar-refractivity contribution in [2.45, 2.75) is 18.9 Å². The highest BCUT2D eigenvalue weighted by molar-refractivity contribution is 7.05. The number of ether oxygens (including phenoxy) is 1. The Morgan fingerprint density at radius 2 is 2.26 bits per heavy atom. The van der Waals surface area contributed by atoms with Gasteiger partial charge in [-0.05, 0) is 42.2 Å². The summed E-state index contributed by atoms with van der Waals surface area (Å²) in [4.78, 5) is 4.47. The van der Waals surface area contributed by atoms with E-state index >= 15 is 0 Å². The molecular weight excluding hydrogens is 260 g/mol. The van der Waals surface area contributed by atoms with Gasteiger partial charge >= 0.3 is 0 Å². The van der Waals surface area contributed by atoms with Gasteiger partial charge in [0.1, 0.15) is 16.6 Å². The third kappa shape index (κ3) is 3.73. The zero-order valence-corrected chi connectivity index (χ0v) is 11.7. The molecule has 5 nitrogen and oxygen atoms in total. The molecule has 2 aromatic rings. The van der Waals surface area contributed by atoms with Crippen LogP contribution < -0.4 is 16.2 Å². The van der Waals surface area contributed by atoms with Crippen molar-refractivity contribution < 1.29 is 4.74 Å². The van der Waals surface area contributed by atoms with Crippen LogP contribution in [0.5, 0.6) is 5.75 Å². The average Bonchev–Trinajstić information content (AvgIpc) is 2.88. The summed E-state index contributed by atoms with van der Waals surface area (Å²) in [5.41, 5.74) is 12.6. The Kier molecular flexibility index (Phi) is 4.84. The van der Waals surface area contributed by atoms with Gasteiger partial charge in [-0.2, -0.15) is 4.37 Å². The molecule has 0 spiro atoms. The normalized spacial score (nSPS) is 12.4. The SMILES string of the molecule is COc1cccc(Cc2nsc(C(N)CCN)n2)c1. The molecule has 1 heterocycles. The lowest BCUT2D eigenvalue weighted by Crippen LogP contribution is -2.15. The average molecular weight is 278 g/mol. The van der Waals surface area contributed by atoms with Crippen molar-refractivity contribution >= 4 is 11.5 Å². The van der Waals surface area contributed by atoms with E-state index in [1.54, 1.807) is 7.11 Å². The summed E-state index contributed by atoms with van der Waals surface area (Å²) in [6.07, 6.45) is 1.41. The topological polar surface area (TPSA) is 87.0 Å². The molecule has 0 bridgehead atoms. The number of nitrogens with zero attached hydrogens (tertiary/aromatic N) is 2. The zero-order chi connectivity index (χ0) is 13.7. The highest BCUT2D eigenvalue weighted by Gasteiger charge is 2.12. The monoisotopic (exact) mass is 278 g/mol. The van der Waals surface area contributed by atoms with Crippen LogP contribution in [0.2, 0.25) is 0 Å². The molecule has 1 aromatic heterocycles. The number of benzene rings is 1. The first kappa shape index (κ1) is 13.9. The van der Waals surface area contributed by atoms with Crippen molar-refractivity contribution in [2.24, 2.45) is 11.5 Å². The molecule has 0 radical (unpaired) electrons. The second-order valence-corrected chi connectivity index (χ2v) is 5.04. The standard InChI is InChI=1S/C13H18N4OS/c1-18-10-4-2-3-9(7-10)8-12-16-13(19-17-12)11(15)5-6-14/h2-4,7,11H,5-6,8,14-15H2,1H3. The molecule has 102 valence electrons. The second kappa shape index (κ2) is 6.60. The van der Waals surface area contributed by atoms with E-state index in [0.29, 0.717) is 13.0 Å². The smallest absolute Gasteiger partial charge is 0.147 e. The van der Waals surface area contributed by atoms with Crippen LogP contribution in [0.25, 0.3) is 0 Å². The summed E-state index contributed by atoms with van der Waals surface area (Å²) >= 11 is 1.35. The fourth-order valence-corrected chi connectivity index (χ4v) is 2.46. The number of rotatable bonds is 6. The van der Waals surface area contributed by atoms with E-state index in [2.05, 4.69) is 9.36 Å². The molecule has 19 heavy (non-hydrogen) atoms. The van der Waals surface area contributed by atoms with Gasteiger partial charge in [0, 0.05) is 6.42 Å². The number of hydrogen-bond acceptors (Lipinski definition) is 6. The van der Waals surface area contributed by atoms with Crippen LogP contribution in [-0.4, -0.2) is 23.0 Å². The third-order valence-corrected chi connectivity index (χ3v) is 3.66. The maximum atomic E-state index is 5.97. The Morgan fingerprint density at radius 3 is 3.00 bits per heavy atom. The van der Waals surface area contributed by atoms with Crippen LogP contribution in [0.15, 0.2) is 24.3 Å². The van der Waals surface area contributed by atoms with Crippen molar-refractivity contribution in [1.82, 2.24) is 9.36 Å². The fraction of sp³-hybridized carbons (Fsp3) is 0.385. The Labute approximate surface area is 116 Å². The van der Waals surface area contributed by atoms with Crippen LogP contribution in [-0.2, 0) is 6.42 Å². The van der Waals surface area contributed by atoms with Gasteiger partial charge in [0.05, 0.1) is 13.2 Å². The molecule has 1 unspecified atom stereocenters. The first-order valence-corrected chi connectivity index (χ1v) is 6.91. The van der Waals surface area contributed by atoms with Crippen molar-refractivity contribution in [2.75, 3.05) is 13.7 Å². The maximum Gasteiger partial charge on any atom is 0.147 e. The predicted molar refractivity (Wildman–Crippen MR) is 76.3 cm³/mol. The predicted octanol–water partition coefficient (Wildman–Crippen LogP) is 1.49. The summed E-state index contributed by atoms with van der Waals surface area (Å²) in [5.74, 6) is 1.63. The largest absolute Gasteiger partial charge is 0.497 e. The van der Waals surface area contributed by atoms with Gasteiger partial charge in [0.25, 0.3) is 0 Å². The Morgan fingerprint density at radius 1 is 1.42 bits per heavy atom. The van der Waals surface area contributed by atoms with Gasteiger partial charge in [0.2, 0.25) is 0 Å². The lowest BCUT2D eigenvalue weighted by molar-refractivity contribution is 0.414. The maximum absolute atomic E-state index is 5.97. The minimum atomic E-state index is -0.110. The molecule has 0 amide bonds. The first-order chi connectivity index (χ1) is 9.22. The molecule has 1 atom stereocenters. The summed E-state index contributed by atoms with van der Waals surface area (Å²) in [7, 11) is 1.66. The minimum Gasteiger partial charge on any atom is -0.497 e. The van der Waals surface area contributed by atoms with Crippen LogP contribution in [0, 0.1) is 0 Å². The molecule has 1 aromatic carbocycles.